The van der Waals surface area contributed by atoms with Gasteiger partial charge in [0.1, 0.15) is 12.3 Å². The van der Waals surface area contributed by atoms with Gasteiger partial charge in [-0.15, -0.1) is 5.10 Å². The minimum atomic E-state index is -0.212. The lowest BCUT2D eigenvalue weighted by molar-refractivity contribution is 0.0612. The molecule has 86 valence electrons. The maximum absolute atomic E-state index is 11.4. The molecule has 0 N–H and O–H groups in total. The highest BCUT2D eigenvalue weighted by atomic mass is 16.7. The van der Waals surface area contributed by atoms with Crippen LogP contribution in [-0.2, 0) is 6.61 Å². The minimum Gasteiger partial charge on any atom is -0.391 e. The molecule has 0 aliphatic carbocycles. The highest BCUT2D eigenvalue weighted by molar-refractivity contribution is 6.02. The lowest BCUT2D eigenvalue weighted by atomic mass is 10.2. The van der Waals surface area contributed by atoms with E-state index < -0.39 is 0 Å². The summed E-state index contributed by atoms with van der Waals surface area (Å²) in [5.74, 6) is -0.212. The van der Waals surface area contributed by atoms with Gasteiger partial charge in [0.15, 0.2) is 0 Å². The molecule has 0 radical (unpaired) electrons. The van der Waals surface area contributed by atoms with E-state index in [1.807, 2.05) is 30.3 Å². The lowest BCUT2D eigenvalue weighted by Gasteiger charge is -2.07. The third-order valence-electron chi connectivity index (χ3n) is 2.24. The van der Waals surface area contributed by atoms with Gasteiger partial charge in [-0.1, -0.05) is 41.8 Å². The summed E-state index contributed by atoms with van der Waals surface area (Å²) in [6.45, 7) is 3.79. The Labute approximate surface area is 99.1 Å². The van der Waals surface area contributed by atoms with Crippen LogP contribution < -0.4 is 4.84 Å². The van der Waals surface area contributed by atoms with E-state index in [0.717, 1.165) is 5.56 Å². The molecule has 1 heterocycles. The zero-order chi connectivity index (χ0) is 12.1. The average molecular weight is 228 g/mol. The Morgan fingerprint density at radius 1 is 1.35 bits per heavy atom. The molecule has 2 aromatic rings. The third-order valence-corrected chi connectivity index (χ3v) is 2.24. The standard InChI is InChI=1S/C13H12N2O2/c1-2-13(16)12-8-9-14-15(12)17-10-11-6-4-3-5-7-11/h2-9H,1,10H2. The molecule has 2 rings (SSSR count). The topological polar surface area (TPSA) is 44.1 Å². The fourth-order valence-corrected chi connectivity index (χ4v) is 1.38. The van der Waals surface area contributed by atoms with Crippen LogP contribution in [0.15, 0.2) is 55.3 Å². The fourth-order valence-electron chi connectivity index (χ4n) is 1.38. The second-order valence-corrected chi connectivity index (χ2v) is 3.42. The van der Waals surface area contributed by atoms with E-state index in [9.17, 15) is 4.79 Å². The van der Waals surface area contributed by atoms with Gasteiger partial charge in [-0.3, -0.25) is 4.79 Å². The summed E-state index contributed by atoms with van der Waals surface area (Å²) in [7, 11) is 0. The summed E-state index contributed by atoms with van der Waals surface area (Å²) in [6.07, 6.45) is 2.75. The van der Waals surface area contributed by atoms with Crippen LogP contribution in [0.1, 0.15) is 16.1 Å². The Morgan fingerprint density at radius 2 is 2.12 bits per heavy atom. The highest BCUT2D eigenvalue weighted by Crippen LogP contribution is 2.02. The van der Waals surface area contributed by atoms with E-state index in [1.54, 1.807) is 6.07 Å². The van der Waals surface area contributed by atoms with Crippen LogP contribution in [-0.4, -0.2) is 15.7 Å². The van der Waals surface area contributed by atoms with Crippen LogP contribution in [0.5, 0.6) is 0 Å². The molecule has 17 heavy (non-hydrogen) atoms. The van der Waals surface area contributed by atoms with Crippen LogP contribution in [0, 0.1) is 0 Å². The van der Waals surface area contributed by atoms with Crippen LogP contribution in [0.3, 0.4) is 0 Å². The van der Waals surface area contributed by atoms with Gasteiger partial charge in [0.2, 0.25) is 5.78 Å². The maximum Gasteiger partial charge on any atom is 0.206 e. The Kier molecular flexibility index (Phi) is 3.35. The SMILES string of the molecule is C=CC(=O)c1ccnn1OCc1ccccc1. The molecular formula is C13H12N2O2. The number of allylic oxidation sites excluding steroid dienone is 1. The van der Waals surface area contributed by atoms with Gasteiger partial charge in [0.05, 0.1) is 6.20 Å². The summed E-state index contributed by atoms with van der Waals surface area (Å²) in [4.78, 5) is 18.1. The first-order valence-electron chi connectivity index (χ1n) is 5.19. The molecule has 4 heteroatoms. The van der Waals surface area contributed by atoms with E-state index >= 15 is 0 Å². The molecular weight excluding hydrogens is 216 g/mol. The summed E-state index contributed by atoms with van der Waals surface area (Å²) in [5.41, 5.74) is 1.39. The molecule has 4 nitrogen and oxygen atoms in total. The summed E-state index contributed by atoms with van der Waals surface area (Å²) in [5, 5.41) is 3.93. The number of aromatic nitrogens is 2. The maximum atomic E-state index is 11.4. The predicted octanol–water partition coefficient (Wildman–Crippen LogP) is 1.88. The fraction of sp³-hybridized carbons (Fsp3) is 0.0769. The number of carbonyl (C=O) groups excluding carboxylic acids is 1. The van der Waals surface area contributed by atoms with Gasteiger partial charge >= 0.3 is 0 Å². The average Bonchev–Trinajstić information content (AvgIpc) is 2.85. The molecule has 0 aliphatic rings. The Hall–Kier alpha value is -2.36. The number of hydrogen-bond donors (Lipinski definition) is 0. The first-order chi connectivity index (χ1) is 8.31. The molecule has 0 amide bonds. The molecule has 0 spiro atoms. The largest absolute Gasteiger partial charge is 0.391 e. The second-order valence-electron chi connectivity index (χ2n) is 3.42. The van der Waals surface area contributed by atoms with Crippen molar-refractivity contribution < 1.29 is 9.63 Å². The van der Waals surface area contributed by atoms with Crippen molar-refractivity contribution in [2.24, 2.45) is 0 Å². The number of hydrogen-bond acceptors (Lipinski definition) is 3. The van der Waals surface area contributed by atoms with Crippen LogP contribution in [0.2, 0.25) is 0 Å². The van der Waals surface area contributed by atoms with E-state index in [4.69, 9.17) is 4.84 Å². The highest BCUT2D eigenvalue weighted by Gasteiger charge is 2.09. The summed E-state index contributed by atoms with van der Waals surface area (Å²) >= 11 is 0. The van der Waals surface area contributed by atoms with E-state index in [-0.39, 0.29) is 5.78 Å². The van der Waals surface area contributed by atoms with E-state index in [1.165, 1.54) is 17.1 Å². The number of benzene rings is 1. The van der Waals surface area contributed by atoms with E-state index in [2.05, 4.69) is 11.7 Å². The van der Waals surface area contributed by atoms with Gasteiger partial charge in [0, 0.05) is 0 Å². The molecule has 0 fully saturated rings. The van der Waals surface area contributed by atoms with Crippen molar-refractivity contribution in [3.8, 4) is 0 Å². The number of carbonyl (C=O) groups is 1. The van der Waals surface area contributed by atoms with Crippen LogP contribution in [0.4, 0.5) is 0 Å². The van der Waals surface area contributed by atoms with Crippen LogP contribution >= 0.6 is 0 Å². The minimum absolute atomic E-state index is 0.212. The van der Waals surface area contributed by atoms with Gasteiger partial charge in [0.25, 0.3) is 0 Å². The van der Waals surface area contributed by atoms with Crippen molar-refractivity contribution in [1.82, 2.24) is 9.94 Å². The normalized spacial score (nSPS) is 9.88. The summed E-state index contributed by atoms with van der Waals surface area (Å²) < 4.78 is 0. The second kappa shape index (κ2) is 5.12. The predicted molar refractivity (Wildman–Crippen MR) is 63.5 cm³/mol. The monoisotopic (exact) mass is 228 g/mol. The molecule has 0 atom stereocenters. The lowest BCUT2D eigenvalue weighted by Crippen LogP contribution is -2.17. The Balaban J connectivity index is 2.07. The quantitative estimate of drug-likeness (QED) is 0.579. The van der Waals surface area contributed by atoms with Gasteiger partial charge in [-0.25, -0.2) is 0 Å². The zero-order valence-corrected chi connectivity index (χ0v) is 9.24. The van der Waals surface area contributed by atoms with Crippen molar-refractivity contribution in [2.75, 3.05) is 0 Å². The van der Waals surface area contributed by atoms with Crippen molar-refractivity contribution in [3.05, 3.63) is 66.5 Å². The molecule has 0 saturated heterocycles. The van der Waals surface area contributed by atoms with Crippen molar-refractivity contribution >= 4 is 5.78 Å². The van der Waals surface area contributed by atoms with Crippen molar-refractivity contribution in [3.63, 3.8) is 0 Å². The van der Waals surface area contributed by atoms with Crippen molar-refractivity contribution in [2.45, 2.75) is 6.61 Å². The Bertz CT molecular complexity index is 517. The zero-order valence-electron chi connectivity index (χ0n) is 9.24. The van der Waals surface area contributed by atoms with Gasteiger partial charge in [-0.2, -0.15) is 0 Å². The molecule has 0 saturated carbocycles. The van der Waals surface area contributed by atoms with Gasteiger partial charge in [-0.05, 0) is 17.7 Å². The van der Waals surface area contributed by atoms with E-state index in [0.29, 0.717) is 12.3 Å². The number of rotatable bonds is 5. The molecule has 0 bridgehead atoms. The molecule has 0 unspecified atom stereocenters. The Morgan fingerprint density at radius 3 is 2.82 bits per heavy atom. The molecule has 0 aliphatic heterocycles. The van der Waals surface area contributed by atoms with Crippen LogP contribution in [0.25, 0.3) is 0 Å². The molecule has 1 aromatic carbocycles. The van der Waals surface area contributed by atoms with Crippen molar-refractivity contribution in [1.29, 1.82) is 0 Å². The summed E-state index contributed by atoms with van der Waals surface area (Å²) in [6, 6.07) is 11.3. The van der Waals surface area contributed by atoms with Gasteiger partial charge < -0.3 is 4.84 Å². The molecule has 1 aromatic heterocycles. The smallest absolute Gasteiger partial charge is 0.206 e. The first-order valence-corrected chi connectivity index (χ1v) is 5.19. The third kappa shape index (κ3) is 2.60. The number of nitrogens with zero attached hydrogens (tertiary/aromatic N) is 2. The number of ketones is 1. The first kappa shape index (κ1) is 11.1.